The molecule has 1 aromatic heterocycles. The molecule has 0 unspecified atom stereocenters. The summed E-state index contributed by atoms with van der Waals surface area (Å²) in [5.74, 6) is 0. The molecule has 17 heavy (non-hydrogen) atoms. The second kappa shape index (κ2) is 4.62. The number of rotatable bonds is 3. The minimum atomic E-state index is 0.812. The van der Waals surface area contributed by atoms with Gasteiger partial charge in [-0.3, -0.25) is 4.99 Å². The van der Waals surface area contributed by atoms with Gasteiger partial charge in [0.1, 0.15) is 0 Å². The van der Waals surface area contributed by atoms with Crippen molar-refractivity contribution >= 4 is 22.8 Å². The second-order valence-corrected chi connectivity index (χ2v) is 4.16. The van der Waals surface area contributed by atoms with E-state index in [1.807, 2.05) is 25.3 Å². The van der Waals surface area contributed by atoms with E-state index in [1.165, 1.54) is 22.2 Å². The molecule has 1 aromatic carbocycles. The Balaban J connectivity index is 2.74. The molecule has 1 heterocycles. The van der Waals surface area contributed by atoms with Gasteiger partial charge in [0, 0.05) is 35.9 Å². The number of hydrogen-bond acceptors (Lipinski definition) is 2. The summed E-state index contributed by atoms with van der Waals surface area (Å²) in [5, 5.41) is 1.23. The Labute approximate surface area is 102 Å². The predicted octanol–water partition coefficient (Wildman–Crippen LogP) is 2.99. The van der Waals surface area contributed by atoms with Crippen LogP contribution in [0.15, 0.2) is 23.2 Å². The van der Waals surface area contributed by atoms with E-state index in [0.717, 1.165) is 18.8 Å². The van der Waals surface area contributed by atoms with Crippen LogP contribution in [0.25, 0.3) is 10.9 Å². The molecule has 3 nitrogen and oxygen atoms in total. The lowest BCUT2D eigenvalue weighted by Crippen LogP contribution is -2.00. The summed E-state index contributed by atoms with van der Waals surface area (Å²) >= 11 is 0. The van der Waals surface area contributed by atoms with Crippen LogP contribution >= 0.6 is 0 Å². The molecule has 2 N–H and O–H groups in total. The van der Waals surface area contributed by atoms with Crippen molar-refractivity contribution in [1.82, 2.24) is 4.57 Å². The quantitative estimate of drug-likeness (QED) is 0.638. The number of aliphatic imine (C=N–C) groups is 1. The minimum absolute atomic E-state index is 0.812. The first-order chi connectivity index (χ1) is 8.19. The summed E-state index contributed by atoms with van der Waals surface area (Å²) in [7, 11) is 0. The van der Waals surface area contributed by atoms with Crippen LogP contribution in [-0.4, -0.2) is 17.3 Å². The van der Waals surface area contributed by atoms with Crippen molar-refractivity contribution in [2.45, 2.75) is 27.3 Å². The number of benzene rings is 1. The van der Waals surface area contributed by atoms with Crippen molar-refractivity contribution < 1.29 is 0 Å². The lowest BCUT2D eigenvalue weighted by Gasteiger charge is -2.04. The van der Waals surface area contributed by atoms with Gasteiger partial charge in [0.25, 0.3) is 0 Å². The van der Waals surface area contributed by atoms with Gasteiger partial charge < -0.3 is 10.3 Å². The molecule has 0 radical (unpaired) electrons. The maximum atomic E-state index is 5.85. The smallest absolute Gasteiger partial charge is 0.0628 e. The highest BCUT2D eigenvalue weighted by Gasteiger charge is 2.11. The van der Waals surface area contributed by atoms with Crippen molar-refractivity contribution in [2.24, 2.45) is 4.99 Å². The Kier molecular flexibility index (Phi) is 3.18. The molecule has 0 saturated heterocycles. The van der Waals surface area contributed by atoms with E-state index in [4.69, 9.17) is 5.73 Å². The van der Waals surface area contributed by atoms with Crippen LogP contribution < -0.4 is 5.73 Å². The lowest BCUT2D eigenvalue weighted by atomic mass is 10.1. The fourth-order valence-electron chi connectivity index (χ4n) is 2.24. The van der Waals surface area contributed by atoms with E-state index in [1.54, 1.807) is 0 Å². The van der Waals surface area contributed by atoms with Gasteiger partial charge in [0.05, 0.1) is 5.69 Å². The van der Waals surface area contributed by atoms with E-state index >= 15 is 0 Å². The van der Waals surface area contributed by atoms with E-state index in [-0.39, 0.29) is 0 Å². The number of nitrogen functional groups attached to an aromatic ring is 1. The van der Waals surface area contributed by atoms with Gasteiger partial charge in [-0.05, 0) is 44.5 Å². The minimum Gasteiger partial charge on any atom is -0.399 e. The van der Waals surface area contributed by atoms with Gasteiger partial charge in [-0.2, -0.15) is 0 Å². The number of fused-ring (bicyclic) bond motifs is 1. The van der Waals surface area contributed by atoms with Crippen LogP contribution in [0.5, 0.6) is 0 Å². The lowest BCUT2D eigenvalue weighted by molar-refractivity contribution is 0.789. The van der Waals surface area contributed by atoms with Crippen LogP contribution in [-0.2, 0) is 6.54 Å². The number of nitrogens with two attached hydrogens (primary N) is 1. The molecule has 0 aliphatic heterocycles. The highest BCUT2D eigenvalue weighted by molar-refractivity contribution is 5.95. The van der Waals surface area contributed by atoms with E-state index in [2.05, 4.69) is 29.5 Å². The monoisotopic (exact) mass is 229 g/mol. The van der Waals surface area contributed by atoms with Crippen molar-refractivity contribution in [2.75, 3.05) is 12.3 Å². The van der Waals surface area contributed by atoms with E-state index in [9.17, 15) is 0 Å². The summed E-state index contributed by atoms with van der Waals surface area (Å²) < 4.78 is 2.28. The van der Waals surface area contributed by atoms with Gasteiger partial charge in [-0.25, -0.2) is 0 Å². The maximum Gasteiger partial charge on any atom is 0.0628 e. The summed E-state index contributed by atoms with van der Waals surface area (Å²) in [6.45, 7) is 8.08. The first-order valence-corrected chi connectivity index (χ1v) is 6.07. The Hall–Kier alpha value is -1.77. The molecule has 0 atom stereocenters. The molecular formula is C14H19N3. The van der Waals surface area contributed by atoms with Gasteiger partial charge in [-0.1, -0.05) is 0 Å². The second-order valence-electron chi connectivity index (χ2n) is 4.16. The fraction of sp³-hybridized carbons (Fsp3) is 0.357. The zero-order valence-electron chi connectivity index (χ0n) is 10.7. The summed E-state index contributed by atoms with van der Waals surface area (Å²) in [4.78, 5) is 4.35. The summed E-state index contributed by atoms with van der Waals surface area (Å²) in [5.41, 5.74) is 10.3. The molecule has 3 heteroatoms. The Morgan fingerprint density at radius 3 is 2.76 bits per heavy atom. The number of hydrogen-bond donors (Lipinski definition) is 1. The molecule has 90 valence electrons. The van der Waals surface area contributed by atoms with Crippen LogP contribution in [0.3, 0.4) is 0 Å². The number of anilines is 1. The van der Waals surface area contributed by atoms with Crippen LogP contribution in [0.2, 0.25) is 0 Å². The highest BCUT2D eigenvalue weighted by Crippen LogP contribution is 2.26. The van der Waals surface area contributed by atoms with Gasteiger partial charge in [0.15, 0.2) is 0 Å². The van der Waals surface area contributed by atoms with Crippen molar-refractivity contribution in [3.63, 3.8) is 0 Å². The number of nitrogens with zero attached hydrogens (tertiary/aromatic N) is 2. The molecule has 0 bridgehead atoms. The van der Waals surface area contributed by atoms with Crippen molar-refractivity contribution in [3.05, 3.63) is 29.5 Å². The molecule has 2 rings (SSSR count). The first kappa shape index (κ1) is 11.7. The fourth-order valence-corrected chi connectivity index (χ4v) is 2.24. The van der Waals surface area contributed by atoms with E-state index < -0.39 is 0 Å². The zero-order chi connectivity index (χ0) is 12.4. The number of aromatic nitrogens is 1. The standard InChI is InChI=1S/C14H19N3/c1-4-16-9-14-10(3)12-8-11(15)6-7-13(12)17(14)5-2/h6-9H,4-5,15H2,1-3H3/b16-9-. The average molecular weight is 229 g/mol. The third kappa shape index (κ3) is 1.93. The van der Waals surface area contributed by atoms with E-state index in [0.29, 0.717) is 0 Å². The molecule has 0 spiro atoms. The molecular weight excluding hydrogens is 210 g/mol. The largest absolute Gasteiger partial charge is 0.399 e. The first-order valence-electron chi connectivity index (χ1n) is 6.07. The average Bonchev–Trinajstić information content (AvgIpc) is 2.59. The predicted molar refractivity (Wildman–Crippen MR) is 74.9 cm³/mol. The Bertz CT molecular complexity index is 564. The van der Waals surface area contributed by atoms with Crippen LogP contribution in [0.4, 0.5) is 5.69 Å². The van der Waals surface area contributed by atoms with Crippen molar-refractivity contribution in [3.8, 4) is 0 Å². The molecule has 0 aliphatic rings. The molecule has 0 fully saturated rings. The van der Waals surface area contributed by atoms with Crippen molar-refractivity contribution in [1.29, 1.82) is 0 Å². The van der Waals surface area contributed by atoms with Gasteiger partial charge in [-0.15, -0.1) is 0 Å². The molecule has 0 saturated carbocycles. The van der Waals surface area contributed by atoms with Crippen LogP contribution in [0.1, 0.15) is 25.1 Å². The third-order valence-corrected chi connectivity index (χ3v) is 3.10. The Morgan fingerprint density at radius 2 is 2.12 bits per heavy atom. The molecule has 0 amide bonds. The highest BCUT2D eigenvalue weighted by atomic mass is 15.0. The number of aryl methyl sites for hydroxylation is 2. The van der Waals surface area contributed by atoms with Gasteiger partial charge in [0.2, 0.25) is 0 Å². The third-order valence-electron chi connectivity index (χ3n) is 3.10. The Morgan fingerprint density at radius 1 is 1.35 bits per heavy atom. The van der Waals surface area contributed by atoms with Gasteiger partial charge >= 0.3 is 0 Å². The normalized spacial score (nSPS) is 11.7. The summed E-state index contributed by atoms with van der Waals surface area (Å²) in [6, 6.07) is 6.08. The molecule has 2 aromatic rings. The SMILES string of the molecule is CC/N=C\c1c(C)c2cc(N)ccc2n1CC. The molecule has 0 aliphatic carbocycles. The maximum absolute atomic E-state index is 5.85. The summed E-state index contributed by atoms with van der Waals surface area (Å²) in [6.07, 6.45) is 1.97. The van der Waals surface area contributed by atoms with Crippen LogP contribution in [0, 0.1) is 6.92 Å². The topological polar surface area (TPSA) is 43.3 Å². The zero-order valence-corrected chi connectivity index (χ0v) is 10.7.